The monoisotopic (exact) mass is 321 g/mol. The van der Waals surface area contributed by atoms with E-state index in [0.717, 1.165) is 11.4 Å². The highest BCUT2D eigenvalue weighted by Crippen LogP contribution is 2.26. The molecule has 4 nitrogen and oxygen atoms in total. The lowest BCUT2D eigenvalue weighted by molar-refractivity contribution is -0.115. The summed E-state index contributed by atoms with van der Waals surface area (Å²) < 4.78 is 0. The Balaban J connectivity index is 1.82. The van der Waals surface area contributed by atoms with Gasteiger partial charge in [0.25, 0.3) is 0 Å². The molecule has 0 saturated carbocycles. The second-order valence-electron chi connectivity index (χ2n) is 4.72. The molecule has 0 fully saturated rings. The van der Waals surface area contributed by atoms with Gasteiger partial charge in [0.15, 0.2) is 5.16 Å². The molecule has 0 bridgehead atoms. The predicted molar refractivity (Wildman–Crippen MR) is 92.8 cm³/mol. The molecule has 3 rings (SSSR count). The standard InChI is InChI=1S/C18H15N3OS/c22-17(14-23-18-19-12-7-13-20-18)21(15-8-3-1-4-9-15)16-10-5-2-6-11-16/h1-13H,14H2. The maximum Gasteiger partial charge on any atom is 0.242 e. The molecule has 0 saturated heterocycles. The van der Waals surface area contributed by atoms with Gasteiger partial charge in [0, 0.05) is 23.8 Å². The average molecular weight is 321 g/mol. The SMILES string of the molecule is O=C(CSc1ncccn1)N(c1ccccc1)c1ccccc1. The highest BCUT2D eigenvalue weighted by Gasteiger charge is 2.18. The number of benzene rings is 2. The molecule has 3 aromatic rings. The molecule has 1 aromatic heterocycles. The van der Waals surface area contributed by atoms with Crippen LogP contribution in [0.3, 0.4) is 0 Å². The summed E-state index contributed by atoms with van der Waals surface area (Å²) in [6.45, 7) is 0. The predicted octanol–water partition coefficient (Wildman–Crippen LogP) is 3.93. The van der Waals surface area contributed by atoms with E-state index in [4.69, 9.17) is 0 Å². The van der Waals surface area contributed by atoms with E-state index in [9.17, 15) is 4.79 Å². The third kappa shape index (κ3) is 3.96. The number of hydrogen-bond donors (Lipinski definition) is 0. The van der Waals surface area contributed by atoms with Crippen LogP contribution in [0.1, 0.15) is 0 Å². The normalized spacial score (nSPS) is 10.3. The van der Waals surface area contributed by atoms with E-state index in [-0.39, 0.29) is 11.7 Å². The van der Waals surface area contributed by atoms with Gasteiger partial charge in [-0.25, -0.2) is 9.97 Å². The van der Waals surface area contributed by atoms with Gasteiger partial charge in [-0.3, -0.25) is 9.69 Å². The maximum atomic E-state index is 12.8. The number of carbonyl (C=O) groups is 1. The number of thioether (sulfide) groups is 1. The minimum Gasteiger partial charge on any atom is -0.280 e. The van der Waals surface area contributed by atoms with Crippen LogP contribution in [0.25, 0.3) is 0 Å². The fourth-order valence-electron chi connectivity index (χ4n) is 2.14. The number of aromatic nitrogens is 2. The van der Waals surface area contributed by atoms with Crippen LogP contribution < -0.4 is 4.90 Å². The molecule has 114 valence electrons. The van der Waals surface area contributed by atoms with Crippen LogP contribution in [0.4, 0.5) is 11.4 Å². The molecule has 0 atom stereocenters. The molecule has 2 aromatic carbocycles. The molecule has 5 heteroatoms. The van der Waals surface area contributed by atoms with Gasteiger partial charge in [-0.2, -0.15) is 0 Å². The van der Waals surface area contributed by atoms with Gasteiger partial charge in [0.05, 0.1) is 5.75 Å². The van der Waals surface area contributed by atoms with E-state index >= 15 is 0 Å². The molecule has 0 radical (unpaired) electrons. The minimum absolute atomic E-state index is 0.0140. The zero-order chi connectivity index (χ0) is 15.9. The van der Waals surface area contributed by atoms with Crippen LogP contribution in [0.2, 0.25) is 0 Å². The summed E-state index contributed by atoms with van der Waals surface area (Å²) in [5.41, 5.74) is 1.69. The van der Waals surface area contributed by atoms with Crippen molar-refractivity contribution >= 4 is 29.0 Å². The molecule has 0 unspecified atom stereocenters. The summed E-state index contributed by atoms with van der Waals surface area (Å²) in [4.78, 5) is 22.8. The first kappa shape index (κ1) is 15.2. The lowest BCUT2D eigenvalue weighted by atomic mass is 10.2. The number of para-hydroxylation sites is 2. The molecule has 23 heavy (non-hydrogen) atoms. The fourth-order valence-corrected chi connectivity index (χ4v) is 2.79. The van der Waals surface area contributed by atoms with Gasteiger partial charge in [-0.05, 0) is 30.3 Å². The molecular weight excluding hydrogens is 306 g/mol. The minimum atomic E-state index is -0.0140. The third-order valence-corrected chi connectivity index (χ3v) is 4.01. The third-order valence-electron chi connectivity index (χ3n) is 3.15. The smallest absolute Gasteiger partial charge is 0.242 e. The van der Waals surface area contributed by atoms with Crippen molar-refractivity contribution in [2.75, 3.05) is 10.7 Å². The number of amides is 1. The first-order valence-corrected chi connectivity index (χ1v) is 8.16. The summed E-state index contributed by atoms with van der Waals surface area (Å²) >= 11 is 1.33. The van der Waals surface area contributed by atoms with Gasteiger partial charge in [-0.15, -0.1) is 0 Å². The Morgan fingerprint density at radius 1 is 0.826 bits per heavy atom. The van der Waals surface area contributed by atoms with E-state index in [1.165, 1.54) is 11.8 Å². The summed E-state index contributed by atoms with van der Waals surface area (Å²) in [6, 6.07) is 21.0. The average Bonchev–Trinajstić information content (AvgIpc) is 2.63. The molecule has 0 aliphatic rings. The molecule has 1 heterocycles. The number of carbonyl (C=O) groups excluding carboxylic acids is 1. The first-order valence-electron chi connectivity index (χ1n) is 7.17. The molecule has 0 spiro atoms. The molecular formula is C18H15N3OS. The van der Waals surface area contributed by atoms with Crippen molar-refractivity contribution in [1.29, 1.82) is 0 Å². The van der Waals surface area contributed by atoms with Crippen LogP contribution in [0.15, 0.2) is 84.3 Å². The van der Waals surface area contributed by atoms with Crippen molar-refractivity contribution in [3.05, 3.63) is 79.1 Å². The van der Waals surface area contributed by atoms with Gasteiger partial charge in [-0.1, -0.05) is 48.2 Å². The molecule has 1 amide bonds. The molecule has 0 aliphatic carbocycles. The van der Waals surface area contributed by atoms with Gasteiger partial charge in [0.1, 0.15) is 0 Å². The summed E-state index contributed by atoms with van der Waals surface area (Å²) in [5.74, 6) is 0.258. The van der Waals surface area contributed by atoms with Gasteiger partial charge < -0.3 is 0 Å². The second kappa shape index (κ2) is 7.56. The van der Waals surface area contributed by atoms with Crippen LogP contribution in [-0.2, 0) is 4.79 Å². The number of rotatable bonds is 5. The Bertz CT molecular complexity index is 711. The quantitative estimate of drug-likeness (QED) is 0.527. The van der Waals surface area contributed by atoms with Crippen LogP contribution in [0, 0.1) is 0 Å². The molecule has 0 aliphatic heterocycles. The Hall–Kier alpha value is -2.66. The second-order valence-corrected chi connectivity index (χ2v) is 5.66. The highest BCUT2D eigenvalue weighted by atomic mass is 32.2. The van der Waals surface area contributed by atoms with Crippen molar-refractivity contribution in [1.82, 2.24) is 9.97 Å². The topological polar surface area (TPSA) is 46.1 Å². The van der Waals surface area contributed by atoms with Crippen molar-refractivity contribution < 1.29 is 4.79 Å². The zero-order valence-corrected chi connectivity index (χ0v) is 13.2. The summed E-state index contributed by atoms with van der Waals surface area (Å²) in [7, 11) is 0. The van der Waals surface area contributed by atoms with Crippen LogP contribution in [0.5, 0.6) is 0 Å². The number of nitrogens with zero attached hydrogens (tertiary/aromatic N) is 3. The number of hydrogen-bond acceptors (Lipinski definition) is 4. The van der Waals surface area contributed by atoms with Crippen LogP contribution in [-0.4, -0.2) is 21.6 Å². The lowest BCUT2D eigenvalue weighted by Crippen LogP contribution is -2.27. The largest absolute Gasteiger partial charge is 0.280 e. The van der Waals surface area contributed by atoms with E-state index < -0.39 is 0 Å². The Labute approximate surface area is 139 Å². The first-order chi connectivity index (χ1) is 11.3. The Morgan fingerprint density at radius 3 is 1.87 bits per heavy atom. The fraction of sp³-hybridized carbons (Fsp3) is 0.0556. The Morgan fingerprint density at radius 2 is 1.35 bits per heavy atom. The van der Waals surface area contributed by atoms with E-state index in [1.54, 1.807) is 23.4 Å². The highest BCUT2D eigenvalue weighted by molar-refractivity contribution is 7.99. The van der Waals surface area contributed by atoms with Crippen molar-refractivity contribution in [3.8, 4) is 0 Å². The van der Waals surface area contributed by atoms with Gasteiger partial charge in [0.2, 0.25) is 5.91 Å². The van der Waals surface area contributed by atoms with Crippen molar-refractivity contribution in [3.63, 3.8) is 0 Å². The van der Waals surface area contributed by atoms with Gasteiger partial charge >= 0.3 is 0 Å². The van der Waals surface area contributed by atoms with Crippen molar-refractivity contribution in [2.24, 2.45) is 0 Å². The van der Waals surface area contributed by atoms with E-state index in [0.29, 0.717) is 5.16 Å². The van der Waals surface area contributed by atoms with E-state index in [2.05, 4.69) is 9.97 Å². The number of anilines is 2. The Kier molecular flexibility index (Phi) is 5.01. The summed E-state index contributed by atoms with van der Waals surface area (Å²) in [6.07, 6.45) is 3.35. The van der Waals surface area contributed by atoms with Crippen molar-refractivity contribution in [2.45, 2.75) is 5.16 Å². The zero-order valence-electron chi connectivity index (χ0n) is 12.4. The lowest BCUT2D eigenvalue weighted by Gasteiger charge is -2.22. The summed E-state index contributed by atoms with van der Waals surface area (Å²) in [5, 5.41) is 0.599. The molecule has 0 N–H and O–H groups in total. The maximum absolute atomic E-state index is 12.8. The van der Waals surface area contributed by atoms with Crippen LogP contribution >= 0.6 is 11.8 Å². The van der Waals surface area contributed by atoms with E-state index in [1.807, 2.05) is 60.7 Å².